The first-order chi connectivity index (χ1) is 16.4. The zero-order valence-electron chi connectivity index (χ0n) is 18.5. The fraction of sp³-hybridized carbons (Fsp3) is 0.160. The topological polar surface area (TPSA) is 69.0 Å². The van der Waals surface area contributed by atoms with Crippen LogP contribution in [0, 0.1) is 11.6 Å². The zero-order chi connectivity index (χ0) is 24.1. The van der Waals surface area contributed by atoms with Gasteiger partial charge in [-0.1, -0.05) is 54.2 Å². The number of nitrogens with one attached hydrogen (secondary N) is 1. The van der Waals surface area contributed by atoms with Crippen LogP contribution in [0.5, 0.6) is 5.75 Å². The summed E-state index contributed by atoms with van der Waals surface area (Å²) >= 11 is 1.17. The van der Waals surface area contributed by atoms with Crippen molar-refractivity contribution in [3.63, 3.8) is 0 Å². The fourth-order valence-electron chi connectivity index (χ4n) is 3.23. The molecule has 0 spiro atoms. The molecule has 6 nitrogen and oxygen atoms in total. The van der Waals surface area contributed by atoms with Gasteiger partial charge in [0, 0.05) is 5.69 Å². The van der Waals surface area contributed by atoms with E-state index in [2.05, 4.69) is 15.5 Å². The van der Waals surface area contributed by atoms with Crippen LogP contribution in [-0.2, 0) is 4.79 Å². The van der Waals surface area contributed by atoms with Gasteiger partial charge in [0.1, 0.15) is 5.82 Å². The molecular weight excluding hydrogens is 458 g/mol. The third kappa shape index (κ3) is 5.26. The first kappa shape index (κ1) is 23.4. The molecule has 34 heavy (non-hydrogen) atoms. The molecule has 174 valence electrons. The molecule has 3 aromatic carbocycles. The molecule has 2 atom stereocenters. The number of aromatic nitrogens is 3. The number of anilines is 1. The van der Waals surface area contributed by atoms with Crippen LogP contribution in [-0.4, -0.2) is 25.9 Å². The van der Waals surface area contributed by atoms with Gasteiger partial charge in [-0.15, -0.1) is 10.2 Å². The van der Waals surface area contributed by atoms with Crippen molar-refractivity contribution in [3.05, 3.63) is 96.3 Å². The highest BCUT2D eigenvalue weighted by molar-refractivity contribution is 8.00. The van der Waals surface area contributed by atoms with Crippen LogP contribution in [0.3, 0.4) is 0 Å². The predicted molar refractivity (Wildman–Crippen MR) is 127 cm³/mol. The first-order valence-electron chi connectivity index (χ1n) is 10.6. The fourth-order valence-corrected chi connectivity index (χ4v) is 4.11. The molecule has 0 fully saturated rings. The van der Waals surface area contributed by atoms with E-state index in [1.807, 2.05) is 30.3 Å². The van der Waals surface area contributed by atoms with Gasteiger partial charge in [-0.25, -0.2) is 8.78 Å². The van der Waals surface area contributed by atoms with E-state index >= 15 is 0 Å². The Morgan fingerprint density at radius 3 is 2.26 bits per heavy atom. The molecule has 0 aliphatic rings. The summed E-state index contributed by atoms with van der Waals surface area (Å²) in [5.74, 6) is -0.826. The van der Waals surface area contributed by atoms with Crippen LogP contribution >= 0.6 is 11.8 Å². The molecule has 4 aromatic rings. The maximum atomic E-state index is 14.1. The minimum absolute atomic E-state index is 0.101. The van der Waals surface area contributed by atoms with Gasteiger partial charge >= 0.3 is 0 Å². The van der Waals surface area contributed by atoms with E-state index in [0.29, 0.717) is 11.0 Å². The highest BCUT2D eigenvalue weighted by Crippen LogP contribution is 2.31. The number of carbonyl (C=O) groups is 1. The number of ether oxygens (including phenoxy) is 1. The van der Waals surface area contributed by atoms with Crippen molar-refractivity contribution in [1.82, 2.24) is 14.8 Å². The Labute approximate surface area is 200 Å². The third-order valence-corrected chi connectivity index (χ3v) is 6.00. The van der Waals surface area contributed by atoms with Gasteiger partial charge < -0.3 is 10.1 Å². The van der Waals surface area contributed by atoms with Gasteiger partial charge in [-0.2, -0.15) is 0 Å². The summed E-state index contributed by atoms with van der Waals surface area (Å²) in [5, 5.41) is 11.0. The maximum Gasteiger partial charge on any atom is 0.237 e. The minimum atomic E-state index is -0.637. The Kier molecular flexibility index (Phi) is 7.22. The van der Waals surface area contributed by atoms with Crippen molar-refractivity contribution in [2.75, 3.05) is 5.32 Å². The lowest BCUT2D eigenvalue weighted by Gasteiger charge is -2.18. The molecule has 1 heterocycles. The Bertz CT molecular complexity index is 1280. The summed E-state index contributed by atoms with van der Waals surface area (Å²) in [6.45, 7) is 3.45. The van der Waals surface area contributed by atoms with Crippen LogP contribution in [0.1, 0.15) is 25.8 Å². The Morgan fingerprint density at radius 2 is 1.56 bits per heavy atom. The van der Waals surface area contributed by atoms with Gasteiger partial charge in [0.2, 0.25) is 5.91 Å². The second kappa shape index (κ2) is 10.5. The number of amides is 1. The predicted octanol–water partition coefficient (Wildman–Crippen LogP) is 5.80. The lowest BCUT2D eigenvalue weighted by Crippen LogP contribution is -2.23. The van der Waals surface area contributed by atoms with Gasteiger partial charge in [-0.05, 0) is 50.2 Å². The van der Waals surface area contributed by atoms with Crippen LogP contribution in [0.4, 0.5) is 14.5 Å². The van der Waals surface area contributed by atoms with Crippen molar-refractivity contribution in [2.45, 2.75) is 30.4 Å². The quantitative estimate of drug-likeness (QED) is 0.323. The molecule has 1 N–H and O–H groups in total. The minimum Gasteiger partial charge on any atom is -0.480 e. The zero-order valence-corrected chi connectivity index (χ0v) is 19.3. The number of halogens is 2. The van der Waals surface area contributed by atoms with Crippen molar-refractivity contribution < 1.29 is 18.3 Å². The number of para-hydroxylation sites is 3. The molecule has 1 amide bonds. The SMILES string of the molecule is CC(Sc1nnc(C(C)Oc2ccccc2F)n1-c1ccccc1)C(=O)Nc1ccccc1F. The Balaban J connectivity index is 1.60. The molecule has 2 unspecified atom stereocenters. The lowest BCUT2D eigenvalue weighted by molar-refractivity contribution is -0.115. The van der Waals surface area contributed by atoms with E-state index in [9.17, 15) is 13.6 Å². The molecule has 0 radical (unpaired) electrons. The maximum absolute atomic E-state index is 14.1. The molecule has 4 rings (SSSR count). The number of hydrogen-bond acceptors (Lipinski definition) is 5. The largest absolute Gasteiger partial charge is 0.480 e. The van der Waals surface area contributed by atoms with Gasteiger partial charge in [-0.3, -0.25) is 9.36 Å². The van der Waals surface area contributed by atoms with Crippen molar-refractivity contribution >= 4 is 23.4 Å². The van der Waals surface area contributed by atoms with Crippen molar-refractivity contribution in [3.8, 4) is 11.4 Å². The number of carbonyl (C=O) groups excluding carboxylic acids is 1. The highest BCUT2D eigenvalue weighted by atomic mass is 32.2. The Hall–Kier alpha value is -3.72. The average molecular weight is 481 g/mol. The van der Waals surface area contributed by atoms with Crippen LogP contribution in [0.2, 0.25) is 0 Å². The summed E-state index contributed by atoms with van der Waals surface area (Å²) in [7, 11) is 0. The van der Waals surface area contributed by atoms with Crippen LogP contribution < -0.4 is 10.1 Å². The number of rotatable bonds is 8. The first-order valence-corrected chi connectivity index (χ1v) is 11.5. The Morgan fingerprint density at radius 1 is 0.912 bits per heavy atom. The van der Waals surface area contributed by atoms with E-state index in [-0.39, 0.29) is 17.3 Å². The van der Waals surface area contributed by atoms with Gasteiger partial charge in [0.15, 0.2) is 28.7 Å². The van der Waals surface area contributed by atoms with E-state index in [4.69, 9.17) is 4.74 Å². The molecule has 1 aromatic heterocycles. The second-order valence-electron chi connectivity index (χ2n) is 7.43. The smallest absolute Gasteiger partial charge is 0.237 e. The highest BCUT2D eigenvalue weighted by Gasteiger charge is 2.25. The molecule has 0 saturated carbocycles. The molecule has 0 aliphatic carbocycles. The lowest BCUT2D eigenvalue weighted by atomic mass is 10.3. The molecule has 0 aliphatic heterocycles. The number of hydrogen-bond donors (Lipinski definition) is 1. The third-order valence-electron chi connectivity index (χ3n) is 4.96. The van der Waals surface area contributed by atoms with Crippen molar-refractivity contribution in [2.24, 2.45) is 0 Å². The normalized spacial score (nSPS) is 12.7. The molecule has 9 heteroatoms. The number of benzene rings is 3. The molecule has 0 bridgehead atoms. The van der Waals surface area contributed by atoms with E-state index in [0.717, 1.165) is 5.69 Å². The summed E-state index contributed by atoms with van der Waals surface area (Å²) in [4.78, 5) is 12.7. The molecular formula is C25H22F2N4O2S. The van der Waals surface area contributed by atoms with Gasteiger partial charge in [0.25, 0.3) is 0 Å². The summed E-state index contributed by atoms with van der Waals surface area (Å²) in [6.07, 6.45) is -0.637. The number of nitrogens with zero attached hydrogens (tertiary/aromatic N) is 3. The monoisotopic (exact) mass is 480 g/mol. The summed E-state index contributed by atoms with van der Waals surface area (Å²) in [6, 6.07) is 21.5. The number of thioether (sulfide) groups is 1. The van der Waals surface area contributed by atoms with Crippen molar-refractivity contribution in [1.29, 1.82) is 0 Å². The average Bonchev–Trinajstić information content (AvgIpc) is 3.26. The van der Waals surface area contributed by atoms with Crippen LogP contribution in [0.25, 0.3) is 5.69 Å². The summed E-state index contributed by atoms with van der Waals surface area (Å²) < 4.78 is 35.6. The standard InChI is InChI=1S/C25H22F2N4O2S/c1-16(33-22-15-9-7-13-20(22)27)23-29-30-25(31(23)18-10-4-3-5-11-18)34-17(2)24(32)28-21-14-8-6-12-19(21)26/h3-17H,1-2H3,(H,28,32). The van der Waals surface area contributed by atoms with E-state index < -0.39 is 23.0 Å². The summed E-state index contributed by atoms with van der Waals surface area (Å²) in [5.41, 5.74) is 0.868. The van der Waals surface area contributed by atoms with E-state index in [1.165, 1.54) is 30.0 Å². The molecule has 0 saturated heterocycles. The van der Waals surface area contributed by atoms with Gasteiger partial charge in [0.05, 0.1) is 10.9 Å². The second-order valence-corrected chi connectivity index (χ2v) is 8.74. The van der Waals surface area contributed by atoms with E-state index in [1.54, 1.807) is 48.7 Å². The van der Waals surface area contributed by atoms with Crippen LogP contribution in [0.15, 0.2) is 84.0 Å².